The SMILES string of the molecule is C=CC#N.N#CCC#N.N#CCCC(C#N)(C#N)CCC#N. The topological polar surface area (TPSA) is 167 Å². The molecular formula is C15H13N7. The molecule has 0 saturated heterocycles. The van der Waals surface area contributed by atoms with Crippen LogP contribution in [-0.2, 0) is 0 Å². The zero-order valence-electron chi connectivity index (χ0n) is 12.0. The van der Waals surface area contributed by atoms with E-state index in [1.54, 1.807) is 18.2 Å². The highest BCUT2D eigenvalue weighted by Gasteiger charge is 2.28. The Hall–Kier alpha value is -3.83. The third-order valence-corrected chi connectivity index (χ3v) is 2.00. The summed E-state index contributed by atoms with van der Waals surface area (Å²) in [5.41, 5.74) is -1.15. The molecule has 7 nitrogen and oxygen atoms in total. The summed E-state index contributed by atoms with van der Waals surface area (Å²) < 4.78 is 0. The summed E-state index contributed by atoms with van der Waals surface area (Å²) in [7, 11) is 0. The van der Waals surface area contributed by atoms with Gasteiger partial charge in [0.2, 0.25) is 0 Å². The van der Waals surface area contributed by atoms with Crippen LogP contribution >= 0.6 is 0 Å². The third-order valence-electron chi connectivity index (χ3n) is 2.00. The van der Waals surface area contributed by atoms with Gasteiger partial charge in [-0.3, -0.25) is 0 Å². The molecule has 0 aromatic rings. The maximum atomic E-state index is 8.74. The van der Waals surface area contributed by atoms with Crippen molar-refractivity contribution in [1.29, 1.82) is 36.8 Å². The van der Waals surface area contributed by atoms with Crippen molar-refractivity contribution in [2.45, 2.75) is 32.1 Å². The van der Waals surface area contributed by atoms with E-state index in [4.69, 9.17) is 36.8 Å². The molecule has 0 unspecified atom stereocenters. The van der Waals surface area contributed by atoms with Crippen LogP contribution in [0.5, 0.6) is 0 Å². The highest BCUT2D eigenvalue weighted by atomic mass is 14.4. The van der Waals surface area contributed by atoms with Gasteiger partial charge in [-0.15, -0.1) is 0 Å². The van der Waals surface area contributed by atoms with E-state index in [2.05, 4.69) is 6.58 Å². The first kappa shape index (κ1) is 23.3. The molecule has 0 saturated carbocycles. The summed E-state index contributed by atoms with van der Waals surface area (Å²) in [6.07, 6.45) is 1.97. The number of rotatable bonds is 4. The van der Waals surface area contributed by atoms with E-state index in [1.165, 1.54) is 6.08 Å². The van der Waals surface area contributed by atoms with E-state index in [1.807, 2.05) is 24.3 Å². The van der Waals surface area contributed by atoms with Crippen LogP contribution in [-0.4, -0.2) is 0 Å². The third kappa shape index (κ3) is 16.2. The van der Waals surface area contributed by atoms with E-state index in [0.29, 0.717) is 0 Å². The summed E-state index contributed by atoms with van der Waals surface area (Å²) in [5, 5.41) is 56.8. The monoisotopic (exact) mass is 291 g/mol. The van der Waals surface area contributed by atoms with Crippen molar-refractivity contribution in [2.75, 3.05) is 0 Å². The molecule has 0 N–H and O–H groups in total. The van der Waals surface area contributed by atoms with Gasteiger partial charge in [0.1, 0.15) is 11.8 Å². The van der Waals surface area contributed by atoms with E-state index >= 15 is 0 Å². The van der Waals surface area contributed by atoms with E-state index in [9.17, 15) is 0 Å². The lowest BCUT2D eigenvalue weighted by atomic mass is 9.82. The van der Waals surface area contributed by atoms with Gasteiger partial charge in [0.05, 0.1) is 42.5 Å². The van der Waals surface area contributed by atoms with Gasteiger partial charge in [0, 0.05) is 18.9 Å². The minimum absolute atomic E-state index is 0. The molecule has 0 amide bonds. The first-order valence-electron chi connectivity index (χ1n) is 5.88. The molecule has 0 spiro atoms. The number of hydrogen-bond acceptors (Lipinski definition) is 7. The molecule has 0 aromatic heterocycles. The smallest absolute Gasteiger partial charge is 0.145 e. The lowest BCUT2D eigenvalue weighted by Crippen LogP contribution is -2.15. The number of allylic oxidation sites excluding steroid dienone is 1. The molecule has 0 rings (SSSR count). The summed E-state index contributed by atoms with van der Waals surface area (Å²) >= 11 is 0. The Balaban J connectivity index is -0.000000330. The maximum absolute atomic E-state index is 8.74. The van der Waals surface area contributed by atoms with Crippen molar-refractivity contribution < 1.29 is 0 Å². The summed E-state index contributed by atoms with van der Waals surface area (Å²) in [5.74, 6) is 0. The van der Waals surface area contributed by atoms with Crippen LogP contribution in [0, 0.1) is 84.7 Å². The molecular weight excluding hydrogens is 278 g/mol. The first-order valence-corrected chi connectivity index (χ1v) is 5.88. The second-order valence-corrected chi connectivity index (χ2v) is 3.45. The minimum atomic E-state index is -1.15. The number of nitriles is 7. The van der Waals surface area contributed by atoms with Crippen LogP contribution in [0.2, 0.25) is 0 Å². The fourth-order valence-corrected chi connectivity index (χ4v) is 0.948. The molecule has 0 atom stereocenters. The van der Waals surface area contributed by atoms with E-state index < -0.39 is 5.41 Å². The van der Waals surface area contributed by atoms with Crippen molar-refractivity contribution in [2.24, 2.45) is 5.41 Å². The highest BCUT2D eigenvalue weighted by Crippen LogP contribution is 2.27. The molecule has 0 fully saturated rings. The van der Waals surface area contributed by atoms with E-state index in [-0.39, 0.29) is 32.1 Å². The second-order valence-electron chi connectivity index (χ2n) is 3.45. The first-order chi connectivity index (χ1) is 10.6. The molecule has 7 heteroatoms. The van der Waals surface area contributed by atoms with Gasteiger partial charge < -0.3 is 0 Å². The number of nitrogens with zero attached hydrogens (tertiary/aromatic N) is 7. The van der Waals surface area contributed by atoms with Crippen LogP contribution in [0.4, 0.5) is 0 Å². The van der Waals surface area contributed by atoms with Gasteiger partial charge in [-0.25, -0.2) is 0 Å². The Labute approximate surface area is 130 Å². The second kappa shape index (κ2) is 19.5. The lowest BCUT2D eigenvalue weighted by Gasteiger charge is -2.13. The average molecular weight is 291 g/mol. The van der Waals surface area contributed by atoms with E-state index in [0.717, 1.165) is 0 Å². The molecule has 0 aliphatic heterocycles. The molecule has 0 aliphatic rings. The Kier molecular flexibility index (Phi) is 20.6. The molecule has 0 heterocycles. The minimum Gasteiger partial charge on any atom is -0.198 e. The van der Waals surface area contributed by atoms with Gasteiger partial charge in [-0.1, -0.05) is 6.58 Å². The number of hydrogen-bond donors (Lipinski definition) is 0. The summed E-state index contributed by atoms with van der Waals surface area (Å²) in [6, 6.07) is 12.5. The Morgan fingerprint density at radius 1 is 0.727 bits per heavy atom. The quantitative estimate of drug-likeness (QED) is 0.717. The average Bonchev–Trinajstić information content (AvgIpc) is 2.57. The Bertz CT molecular complexity index is 554. The normalized spacial score (nSPS) is 6.95. The predicted octanol–water partition coefficient (Wildman–Crippen LogP) is 2.75. The van der Waals surface area contributed by atoms with Crippen LogP contribution in [0.3, 0.4) is 0 Å². The largest absolute Gasteiger partial charge is 0.198 e. The zero-order chi connectivity index (χ0) is 17.7. The van der Waals surface area contributed by atoms with Gasteiger partial charge in [-0.2, -0.15) is 36.8 Å². The maximum Gasteiger partial charge on any atom is 0.145 e. The van der Waals surface area contributed by atoms with Crippen molar-refractivity contribution in [1.82, 2.24) is 0 Å². The fourth-order valence-electron chi connectivity index (χ4n) is 0.948. The molecule has 22 heavy (non-hydrogen) atoms. The standard InChI is InChI=1S/C9H8N4.C3H2N2.C3H3N/c10-5-1-3-9(7-12,8-13)4-2-6-11;4-2-1-3-5;1-2-3-4/h1-4H2;1H2;2H,1H2. The molecule has 0 bridgehead atoms. The molecule has 108 valence electrons. The highest BCUT2D eigenvalue weighted by molar-refractivity contribution is 5.14. The molecule has 0 aliphatic carbocycles. The van der Waals surface area contributed by atoms with Crippen LogP contribution in [0.15, 0.2) is 12.7 Å². The van der Waals surface area contributed by atoms with Crippen LogP contribution < -0.4 is 0 Å². The van der Waals surface area contributed by atoms with Crippen molar-refractivity contribution in [3.63, 3.8) is 0 Å². The molecule has 0 aromatic carbocycles. The lowest BCUT2D eigenvalue weighted by molar-refractivity contribution is 0.451. The fraction of sp³-hybridized carbons (Fsp3) is 0.400. The van der Waals surface area contributed by atoms with Crippen molar-refractivity contribution >= 4 is 0 Å². The van der Waals surface area contributed by atoms with Crippen LogP contribution in [0.25, 0.3) is 0 Å². The predicted molar refractivity (Wildman–Crippen MR) is 75.0 cm³/mol. The van der Waals surface area contributed by atoms with Crippen LogP contribution in [0.1, 0.15) is 32.1 Å². The van der Waals surface area contributed by atoms with Gasteiger partial charge in [-0.05, 0) is 12.8 Å². The zero-order valence-corrected chi connectivity index (χ0v) is 12.0. The van der Waals surface area contributed by atoms with Gasteiger partial charge in [0.25, 0.3) is 0 Å². The Morgan fingerprint density at radius 2 is 1.09 bits per heavy atom. The summed E-state index contributed by atoms with van der Waals surface area (Å²) in [6.45, 7) is 3.12. The Morgan fingerprint density at radius 3 is 1.23 bits per heavy atom. The van der Waals surface area contributed by atoms with Crippen molar-refractivity contribution in [3.8, 4) is 42.5 Å². The summed E-state index contributed by atoms with van der Waals surface area (Å²) in [4.78, 5) is 0. The van der Waals surface area contributed by atoms with Crippen molar-refractivity contribution in [3.05, 3.63) is 12.7 Å². The van der Waals surface area contributed by atoms with Gasteiger partial charge in [0.15, 0.2) is 0 Å². The van der Waals surface area contributed by atoms with Gasteiger partial charge >= 0.3 is 0 Å². The molecule has 0 radical (unpaired) electrons.